The van der Waals surface area contributed by atoms with E-state index < -0.39 is 16.5 Å². The van der Waals surface area contributed by atoms with Gasteiger partial charge in [0.2, 0.25) is 0 Å². The summed E-state index contributed by atoms with van der Waals surface area (Å²) in [6.07, 6.45) is 0. The van der Waals surface area contributed by atoms with Crippen molar-refractivity contribution in [1.29, 1.82) is 0 Å². The molecule has 2 aromatic rings. The fourth-order valence-corrected chi connectivity index (χ4v) is 4.49. The summed E-state index contributed by atoms with van der Waals surface area (Å²) in [5, 5.41) is -0.209. The van der Waals surface area contributed by atoms with Gasteiger partial charge >= 0.3 is 0 Å². The molecule has 0 radical (unpaired) electrons. The quantitative estimate of drug-likeness (QED) is 0.402. The maximum absolute atomic E-state index is 13.8. The van der Waals surface area contributed by atoms with Crippen molar-refractivity contribution in [2.75, 3.05) is 0 Å². The number of thiophene rings is 1. The second-order valence-electron chi connectivity index (χ2n) is 3.71. The molecule has 18 heavy (non-hydrogen) atoms. The molecule has 0 amide bonds. The average molecular weight is 417 g/mol. The molecule has 0 bridgehead atoms. The Morgan fingerprint density at radius 3 is 2.39 bits per heavy atom. The van der Waals surface area contributed by atoms with E-state index in [1.165, 1.54) is 0 Å². The van der Waals surface area contributed by atoms with E-state index in [4.69, 9.17) is 11.6 Å². The van der Waals surface area contributed by atoms with Crippen LogP contribution in [0.5, 0.6) is 0 Å². The molecule has 0 spiro atoms. The first-order valence-corrected chi connectivity index (χ1v) is 7.84. The van der Waals surface area contributed by atoms with Crippen LogP contribution in [0.4, 0.5) is 8.78 Å². The summed E-state index contributed by atoms with van der Waals surface area (Å²) < 4.78 is 28.2. The Kier molecular flexibility index (Phi) is 4.47. The zero-order valence-corrected chi connectivity index (χ0v) is 13.9. The van der Waals surface area contributed by atoms with Crippen LogP contribution < -0.4 is 0 Å². The van der Waals surface area contributed by atoms with E-state index in [0.717, 1.165) is 26.4 Å². The molecule has 2 rings (SSSR count). The SMILES string of the molecule is Cc1sc(Br)cc1C(Br)c1cc(F)c(Cl)cc1F. The van der Waals surface area contributed by atoms with Gasteiger partial charge in [-0.25, -0.2) is 8.78 Å². The standard InChI is InChI=1S/C12H7Br2ClF2S/c1-5-6(3-11(13)18-5)12(14)7-2-10(17)8(15)4-9(7)16/h2-4,12H,1H3. The van der Waals surface area contributed by atoms with E-state index in [1.54, 1.807) is 11.3 Å². The van der Waals surface area contributed by atoms with E-state index in [9.17, 15) is 8.78 Å². The number of hydrogen-bond acceptors (Lipinski definition) is 1. The Bertz CT molecular complexity index is 598. The molecule has 1 aromatic heterocycles. The second-order valence-corrected chi connectivity index (χ2v) is 7.67. The molecule has 0 aliphatic carbocycles. The molecular weight excluding hydrogens is 409 g/mol. The fraction of sp³-hybridized carbons (Fsp3) is 0.167. The van der Waals surface area contributed by atoms with Crippen molar-refractivity contribution in [3.8, 4) is 0 Å². The first kappa shape index (κ1) is 14.4. The zero-order valence-electron chi connectivity index (χ0n) is 9.11. The number of benzene rings is 1. The fourth-order valence-electron chi connectivity index (χ4n) is 1.61. The number of aryl methyl sites for hydroxylation is 1. The van der Waals surface area contributed by atoms with Crippen molar-refractivity contribution < 1.29 is 8.78 Å². The predicted molar refractivity (Wildman–Crippen MR) is 78.9 cm³/mol. The van der Waals surface area contributed by atoms with Gasteiger partial charge in [-0.05, 0) is 46.6 Å². The molecule has 1 unspecified atom stereocenters. The lowest BCUT2D eigenvalue weighted by atomic mass is 10.1. The van der Waals surface area contributed by atoms with Crippen LogP contribution in [0, 0.1) is 18.6 Å². The minimum Gasteiger partial charge on any atom is -0.207 e. The smallest absolute Gasteiger partial charge is 0.142 e. The molecule has 0 saturated carbocycles. The molecule has 0 aliphatic rings. The molecule has 0 saturated heterocycles. The van der Waals surface area contributed by atoms with Gasteiger partial charge in [0.25, 0.3) is 0 Å². The molecule has 96 valence electrons. The Morgan fingerprint density at radius 2 is 1.83 bits per heavy atom. The normalized spacial score (nSPS) is 12.8. The second kappa shape index (κ2) is 5.57. The summed E-state index contributed by atoms with van der Waals surface area (Å²) in [7, 11) is 0. The molecule has 1 atom stereocenters. The summed E-state index contributed by atoms with van der Waals surface area (Å²) in [6, 6.07) is 4.02. The van der Waals surface area contributed by atoms with Gasteiger partial charge in [0.15, 0.2) is 0 Å². The summed E-state index contributed by atoms with van der Waals surface area (Å²) in [5.41, 5.74) is 1.15. The van der Waals surface area contributed by atoms with Crippen molar-refractivity contribution >= 4 is 54.8 Å². The summed E-state index contributed by atoms with van der Waals surface area (Å²) in [6.45, 7) is 1.93. The number of halogens is 5. The van der Waals surface area contributed by atoms with Crippen LogP contribution in [-0.4, -0.2) is 0 Å². The molecule has 1 aromatic carbocycles. The topological polar surface area (TPSA) is 0 Å². The summed E-state index contributed by atoms with van der Waals surface area (Å²) in [5.74, 6) is -1.14. The minimum atomic E-state index is -0.621. The van der Waals surface area contributed by atoms with Crippen molar-refractivity contribution in [1.82, 2.24) is 0 Å². The van der Waals surface area contributed by atoms with Crippen LogP contribution in [0.25, 0.3) is 0 Å². The molecular formula is C12H7Br2ClF2S. The third kappa shape index (κ3) is 2.79. The van der Waals surface area contributed by atoms with Gasteiger partial charge in [-0.3, -0.25) is 0 Å². The highest BCUT2D eigenvalue weighted by molar-refractivity contribution is 9.11. The Labute approximate surface area is 129 Å². The van der Waals surface area contributed by atoms with Crippen LogP contribution in [0.15, 0.2) is 22.0 Å². The highest BCUT2D eigenvalue weighted by atomic mass is 79.9. The van der Waals surface area contributed by atoms with Crippen LogP contribution in [0.2, 0.25) is 5.02 Å². The average Bonchev–Trinajstić information content (AvgIpc) is 2.62. The van der Waals surface area contributed by atoms with Gasteiger partial charge in [0.1, 0.15) is 11.6 Å². The van der Waals surface area contributed by atoms with Crippen molar-refractivity contribution in [3.05, 3.63) is 54.6 Å². The van der Waals surface area contributed by atoms with E-state index in [-0.39, 0.29) is 10.6 Å². The molecule has 6 heteroatoms. The third-order valence-corrected chi connectivity index (χ3v) is 5.36. The Hall–Kier alpha value is 0.0300. The number of alkyl halides is 1. The lowest BCUT2D eigenvalue weighted by Crippen LogP contribution is -1.98. The van der Waals surface area contributed by atoms with Crippen molar-refractivity contribution in [2.45, 2.75) is 11.8 Å². The molecule has 0 aliphatic heterocycles. The van der Waals surface area contributed by atoms with Gasteiger partial charge in [-0.15, -0.1) is 11.3 Å². The van der Waals surface area contributed by atoms with Crippen molar-refractivity contribution in [3.63, 3.8) is 0 Å². The molecule has 0 fully saturated rings. The summed E-state index contributed by atoms with van der Waals surface area (Å²) >= 11 is 13.9. The van der Waals surface area contributed by atoms with Crippen molar-refractivity contribution in [2.24, 2.45) is 0 Å². The molecule has 1 heterocycles. The van der Waals surface area contributed by atoms with Crippen LogP contribution in [0.3, 0.4) is 0 Å². The first-order chi connectivity index (χ1) is 8.40. The Balaban J connectivity index is 2.49. The van der Waals surface area contributed by atoms with Gasteiger partial charge in [-0.1, -0.05) is 27.5 Å². The predicted octanol–water partition coefficient (Wildman–Crippen LogP) is 6.23. The largest absolute Gasteiger partial charge is 0.207 e. The van der Waals surface area contributed by atoms with Gasteiger partial charge in [0, 0.05) is 10.4 Å². The highest BCUT2D eigenvalue weighted by Crippen LogP contribution is 2.40. The van der Waals surface area contributed by atoms with Crippen LogP contribution in [-0.2, 0) is 0 Å². The van der Waals surface area contributed by atoms with E-state index in [1.807, 2.05) is 13.0 Å². The minimum absolute atomic E-state index is 0.209. The third-order valence-electron chi connectivity index (χ3n) is 2.51. The van der Waals surface area contributed by atoms with E-state index in [0.29, 0.717) is 0 Å². The Morgan fingerprint density at radius 1 is 1.17 bits per heavy atom. The summed E-state index contributed by atoms with van der Waals surface area (Å²) in [4.78, 5) is 0.644. The van der Waals surface area contributed by atoms with Crippen LogP contribution in [0.1, 0.15) is 20.8 Å². The first-order valence-electron chi connectivity index (χ1n) is 4.94. The lowest BCUT2D eigenvalue weighted by Gasteiger charge is -2.12. The molecule has 0 N–H and O–H groups in total. The number of rotatable bonds is 2. The van der Waals surface area contributed by atoms with E-state index >= 15 is 0 Å². The van der Waals surface area contributed by atoms with Gasteiger partial charge in [-0.2, -0.15) is 0 Å². The monoisotopic (exact) mass is 414 g/mol. The van der Waals surface area contributed by atoms with Gasteiger partial charge < -0.3 is 0 Å². The van der Waals surface area contributed by atoms with E-state index in [2.05, 4.69) is 31.9 Å². The maximum atomic E-state index is 13.8. The molecule has 0 nitrogen and oxygen atoms in total. The van der Waals surface area contributed by atoms with Crippen LogP contribution >= 0.6 is 54.8 Å². The maximum Gasteiger partial charge on any atom is 0.142 e. The highest BCUT2D eigenvalue weighted by Gasteiger charge is 2.20. The number of hydrogen-bond donors (Lipinski definition) is 0. The lowest BCUT2D eigenvalue weighted by molar-refractivity contribution is 0.588. The zero-order chi connectivity index (χ0) is 13.4. The van der Waals surface area contributed by atoms with Gasteiger partial charge in [0.05, 0.1) is 13.6 Å².